The van der Waals surface area contributed by atoms with Gasteiger partial charge in [0, 0.05) is 65.1 Å². The molecule has 0 saturated heterocycles. The Morgan fingerprint density at radius 2 is 0.841 bits per heavy atom. The second kappa shape index (κ2) is 18.0. The number of hydrogen-bond acceptors (Lipinski definition) is 3. The van der Waals surface area contributed by atoms with Gasteiger partial charge in [-0.3, -0.25) is 0 Å². The third-order valence-corrected chi connectivity index (χ3v) is 22.5. The van der Waals surface area contributed by atoms with Crippen molar-refractivity contribution in [2.75, 3.05) is 9.80 Å². The van der Waals surface area contributed by atoms with Crippen LogP contribution in [0.4, 0.5) is 34.1 Å². The van der Waals surface area contributed by atoms with Crippen LogP contribution in [-0.4, -0.2) is 0 Å². The summed E-state index contributed by atoms with van der Waals surface area (Å²) in [4.78, 5) is 5.01. The summed E-state index contributed by atoms with van der Waals surface area (Å²) in [5, 5.41) is 7.86. The molecular weight excluding hydrogens is 1010 g/mol. The SMILES string of the molecule is CCC1(CC)c2cc(N(c3ccc(C(C)(C)C)cc3)c3ccc4ccccc4c3)ccc2-c2ccc3c(c21)C1(c2cc4c(cc2-3)sc2cc(N(c3ccc(C(C)(C)C)cc3)c3ccc5ccccc5c3)ccc24)C2CC3CC(C2)CC1C3. The smallest absolute Gasteiger partial charge is 0.0476 e. The van der Waals surface area contributed by atoms with E-state index in [-0.39, 0.29) is 21.7 Å². The van der Waals surface area contributed by atoms with E-state index in [4.69, 9.17) is 0 Å². The molecule has 17 rings (SSSR count). The molecule has 0 atom stereocenters. The molecule has 0 N–H and O–H groups in total. The van der Waals surface area contributed by atoms with Crippen molar-refractivity contribution in [3.05, 3.63) is 228 Å². The monoisotopic (exact) mass is 1080 g/mol. The first-order valence-electron chi connectivity index (χ1n) is 30.8. The molecule has 4 fully saturated rings. The Balaban J connectivity index is 0.863. The molecule has 0 aliphatic heterocycles. The van der Waals surface area contributed by atoms with Gasteiger partial charge in [0.25, 0.3) is 0 Å². The third kappa shape index (κ3) is 7.30. The molecule has 6 aliphatic carbocycles. The number of hydrogen-bond donors (Lipinski definition) is 0. The van der Waals surface area contributed by atoms with Crippen molar-refractivity contribution in [2.24, 2.45) is 23.7 Å². The van der Waals surface area contributed by atoms with Crippen molar-refractivity contribution >= 4 is 87.2 Å². The number of thiophene rings is 1. The second-order valence-electron chi connectivity index (χ2n) is 27.6. The summed E-state index contributed by atoms with van der Waals surface area (Å²) >= 11 is 1.99. The quantitative estimate of drug-likeness (QED) is 0.150. The molecule has 0 radical (unpaired) electrons. The summed E-state index contributed by atoms with van der Waals surface area (Å²) < 4.78 is 2.76. The van der Waals surface area contributed by atoms with E-state index in [2.05, 4.69) is 259 Å². The zero-order chi connectivity index (χ0) is 55.6. The molecule has 4 saturated carbocycles. The molecule has 3 heteroatoms. The fourth-order valence-electron chi connectivity index (χ4n) is 17.6. The van der Waals surface area contributed by atoms with Crippen LogP contribution in [0.15, 0.2) is 194 Å². The van der Waals surface area contributed by atoms with E-state index in [0.717, 1.165) is 24.7 Å². The van der Waals surface area contributed by atoms with E-state index < -0.39 is 0 Å². The molecule has 10 aromatic carbocycles. The minimum absolute atomic E-state index is 0.00961. The Morgan fingerprint density at radius 3 is 1.38 bits per heavy atom. The van der Waals surface area contributed by atoms with Gasteiger partial charge in [-0.1, -0.05) is 165 Å². The van der Waals surface area contributed by atoms with Crippen molar-refractivity contribution in [3.8, 4) is 22.3 Å². The largest absolute Gasteiger partial charge is 0.310 e. The number of rotatable bonds is 8. The van der Waals surface area contributed by atoms with E-state index in [0.29, 0.717) is 11.8 Å². The first-order valence-corrected chi connectivity index (χ1v) is 31.7. The van der Waals surface area contributed by atoms with Crippen molar-refractivity contribution < 1.29 is 0 Å². The van der Waals surface area contributed by atoms with Gasteiger partial charge in [-0.05, 0) is 242 Å². The van der Waals surface area contributed by atoms with Crippen LogP contribution >= 0.6 is 11.3 Å². The van der Waals surface area contributed by atoms with Crippen LogP contribution in [0.1, 0.15) is 134 Å². The lowest BCUT2D eigenvalue weighted by Crippen LogP contribution is -2.56. The van der Waals surface area contributed by atoms with E-state index in [9.17, 15) is 0 Å². The molecule has 6 aliphatic rings. The average Bonchev–Trinajstić information content (AvgIpc) is 1.52. The molecule has 1 aromatic heterocycles. The topological polar surface area (TPSA) is 6.48 Å². The zero-order valence-corrected chi connectivity index (χ0v) is 49.9. The summed E-state index contributed by atoms with van der Waals surface area (Å²) in [7, 11) is 0. The molecule has 4 bridgehead atoms. The molecule has 11 aromatic rings. The zero-order valence-electron chi connectivity index (χ0n) is 49.0. The van der Waals surface area contributed by atoms with Crippen molar-refractivity contribution in [1.82, 2.24) is 0 Å². The molecule has 1 heterocycles. The lowest BCUT2D eigenvalue weighted by molar-refractivity contribution is -0.0404. The van der Waals surface area contributed by atoms with Gasteiger partial charge in [0.05, 0.1) is 0 Å². The lowest BCUT2D eigenvalue weighted by Gasteiger charge is -2.61. The van der Waals surface area contributed by atoms with Crippen molar-refractivity contribution in [1.29, 1.82) is 0 Å². The van der Waals surface area contributed by atoms with Crippen LogP contribution in [0.3, 0.4) is 0 Å². The first-order chi connectivity index (χ1) is 39.7. The van der Waals surface area contributed by atoms with Gasteiger partial charge in [0.2, 0.25) is 0 Å². The van der Waals surface area contributed by atoms with Gasteiger partial charge in [0.15, 0.2) is 0 Å². The number of fused-ring (bicyclic) bond motifs is 12. The molecule has 1 spiro atoms. The molecule has 406 valence electrons. The van der Waals surface area contributed by atoms with Gasteiger partial charge >= 0.3 is 0 Å². The van der Waals surface area contributed by atoms with Gasteiger partial charge < -0.3 is 9.80 Å². The van der Waals surface area contributed by atoms with Crippen LogP contribution in [0, 0.1) is 23.7 Å². The fourth-order valence-corrected chi connectivity index (χ4v) is 18.7. The standard InChI is InChI=1S/C79H74N2S/c1-9-78(10-2)70-44-62(80(58-27-21-54(22-28-58)76(3,4)5)60-25-19-50-15-11-13-17-52(50)42-60)31-33-64(70)66-35-36-67-68-47-73-69(46-71(68)79(75(67)74(66)78)56-38-48-37-49(40-56)41-57(79)39-48)65-34-32-63(45-72(65)82-73)81(59-29-23-55(24-30-59)77(6,7)8)61-26-20-51-16-12-14-18-53(51)43-61/h11-36,42-49,56-57H,9-10,37-41H2,1-8H3. The van der Waals surface area contributed by atoms with E-state index in [1.165, 1.54) is 147 Å². The van der Waals surface area contributed by atoms with E-state index in [1.807, 2.05) is 11.3 Å². The summed E-state index contributed by atoms with van der Waals surface area (Å²) in [5.41, 5.74) is 22.4. The first kappa shape index (κ1) is 50.3. The highest BCUT2D eigenvalue weighted by atomic mass is 32.1. The summed E-state index contributed by atoms with van der Waals surface area (Å²) in [5.74, 6) is 3.01. The summed E-state index contributed by atoms with van der Waals surface area (Å²) in [6, 6.07) is 75.8. The summed E-state index contributed by atoms with van der Waals surface area (Å²) in [6.45, 7) is 18.9. The molecule has 0 unspecified atom stereocenters. The minimum atomic E-state index is -0.134. The predicted octanol–water partition coefficient (Wildman–Crippen LogP) is 22.7. The van der Waals surface area contributed by atoms with Gasteiger partial charge in [-0.25, -0.2) is 0 Å². The maximum absolute atomic E-state index is 2.77. The van der Waals surface area contributed by atoms with E-state index in [1.54, 1.807) is 16.7 Å². The van der Waals surface area contributed by atoms with Gasteiger partial charge in [0.1, 0.15) is 0 Å². The Morgan fingerprint density at radius 1 is 0.390 bits per heavy atom. The van der Waals surface area contributed by atoms with Gasteiger partial charge in [-0.15, -0.1) is 11.3 Å². The number of anilines is 6. The highest BCUT2D eigenvalue weighted by Crippen LogP contribution is 2.73. The molecule has 0 amide bonds. The van der Waals surface area contributed by atoms with Crippen LogP contribution in [0.2, 0.25) is 0 Å². The number of nitrogens with zero attached hydrogens (tertiary/aromatic N) is 2. The lowest BCUT2D eigenvalue weighted by atomic mass is 9.42. The van der Waals surface area contributed by atoms with Crippen LogP contribution in [0.5, 0.6) is 0 Å². The Bertz CT molecular complexity index is 4370. The molecule has 82 heavy (non-hydrogen) atoms. The Hall–Kier alpha value is -7.46. The second-order valence-corrected chi connectivity index (χ2v) is 28.7. The van der Waals surface area contributed by atoms with Crippen LogP contribution in [-0.2, 0) is 21.7 Å². The maximum atomic E-state index is 2.77. The van der Waals surface area contributed by atoms with Crippen LogP contribution < -0.4 is 9.80 Å². The minimum Gasteiger partial charge on any atom is -0.310 e. The van der Waals surface area contributed by atoms with Crippen molar-refractivity contribution in [2.45, 2.75) is 122 Å². The third-order valence-electron chi connectivity index (χ3n) is 21.4. The van der Waals surface area contributed by atoms with Crippen LogP contribution in [0.25, 0.3) is 64.0 Å². The van der Waals surface area contributed by atoms with Crippen molar-refractivity contribution in [3.63, 3.8) is 0 Å². The maximum Gasteiger partial charge on any atom is 0.0476 e. The highest BCUT2D eigenvalue weighted by Gasteiger charge is 2.64. The van der Waals surface area contributed by atoms with Gasteiger partial charge in [-0.2, -0.15) is 0 Å². The molecule has 2 nitrogen and oxygen atoms in total. The Kier molecular flexibility index (Phi) is 11.0. The summed E-state index contributed by atoms with van der Waals surface area (Å²) in [6.07, 6.45) is 9.01. The number of benzene rings is 10. The molecular formula is C79H74N2S. The predicted molar refractivity (Wildman–Crippen MR) is 351 cm³/mol. The fraction of sp³-hybridized carbons (Fsp3) is 0.291. The normalized spacial score (nSPS) is 20.9. The highest BCUT2D eigenvalue weighted by molar-refractivity contribution is 7.25. The average molecular weight is 1080 g/mol. The Labute approximate surface area is 489 Å². The van der Waals surface area contributed by atoms with E-state index >= 15 is 0 Å².